The predicted molar refractivity (Wildman–Crippen MR) is 77.9 cm³/mol. The molecule has 0 N–H and O–H groups in total. The lowest BCUT2D eigenvalue weighted by Crippen LogP contribution is -2.25. The van der Waals surface area contributed by atoms with Gasteiger partial charge >= 0.3 is 0 Å². The van der Waals surface area contributed by atoms with Crippen molar-refractivity contribution in [3.8, 4) is 0 Å². The van der Waals surface area contributed by atoms with Gasteiger partial charge in [-0.1, -0.05) is 36.4 Å². The molecule has 2 aromatic rings. The first-order chi connectivity index (χ1) is 9.77. The van der Waals surface area contributed by atoms with Crippen LogP contribution in [-0.2, 0) is 4.79 Å². The van der Waals surface area contributed by atoms with Crippen LogP contribution in [0.3, 0.4) is 0 Å². The van der Waals surface area contributed by atoms with Gasteiger partial charge in [-0.05, 0) is 23.6 Å². The largest absolute Gasteiger partial charge is 0.285 e. The molecule has 2 aliphatic rings. The molecular weight excluding hydrogens is 250 g/mol. The summed E-state index contributed by atoms with van der Waals surface area (Å²) in [6.45, 7) is 0. The fourth-order valence-corrected chi connectivity index (χ4v) is 2.98. The number of rotatable bonds is 0. The Morgan fingerprint density at radius 3 is 2.70 bits per heavy atom. The fraction of sp³-hybridized carbons (Fsp3) is 0.118. The third-order valence-corrected chi connectivity index (χ3v) is 3.92. The molecule has 3 heteroatoms. The van der Waals surface area contributed by atoms with Crippen molar-refractivity contribution in [3.63, 3.8) is 0 Å². The Morgan fingerprint density at radius 1 is 0.950 bits per heavy atom. The lowest BCUT2D eigenvalue weighted by Gasteiger charge is -2.22. The lowest BCUT2D eigenvalue weighted by molar-refractivity contribution is -0.112. The number of nitrogens with zero attached hydrogens (tertiary/aromatic N) is 1. The summed E-state index contributed by atoms with van der Waals surface area (Å²) in [4.78, 5) is 29.1. The van der Waals surface area contributed by atoms with Crippen LogP contribution in [0.1, 0.15) is 28.8 Å². The highest BCUT2D eigenvalue weighted by Crippen LogP contribution is 2.37. The van der Waals surface area contributed by atoms with Gasteiger partial charge in [-0.25, -0.2) is 0 Å². The molecule has 0 atom stereocenters. The molecule has 0 spiro atoms. The maximum Gasteiger partial charge on any atom is 0.234 e. The molecule has 1 heterocycles. The van der Waals surface area contributed by atoms with Crippen LogP contribution in [0.25, 0.3) is 16.5 Å². The lowest BCUT2D eigenvalue weighted by atomic mass is 9.82. The Kier molecular flexibility index (Phi) is 2.24. The molecule has 0 bridgehead atoms. The molecule has 3 nitrogen and oxygen atoms in total. The summed E-state index contributed by atoms with van der Waals surface area (Å²) in [5.41, 5.74) is 2.55. The summed E-state index contributed by atoms with van der Waals surface area (Å²) in [5.74, 6) is -0.784. The van der Waals surface area contributed by atoms with Gasteiger partial charge in [-0.3, -0.25) is 14.6 Å². The van der Waals surface area contributed by atoms with Gasteiger partial charge in [0.15, 0.2) is 0 Å². The second kappa shape index (κ2) is 3.97. The van der Waals surface area contributed by atoms with Crippen LogP contribution in [-0.4, -0.2) is 17.8 Å². The first-order valence-electron chi connectivity index (χ1n) is 6.64. The maximum absolute atomic E-state index is 12.4. The molecule has 1 aliphatic heterocycles. The molecule has 4 rings (SSSR count). The van der Waals surface area contributed by atoms with E-state index in [2.05, 4.69) is 4.99 Å². The van der Waals surface area contributed by atoms with Gasteiger partial charge in [0.2, 0.25) is 11.6 Å². The highest BCUT2D eigenvalue weighted by atomic mass is 16.2. The minimum atomic E-state index is -0.396. The number of hydrogen-bond acceptors (Lipinski definition) is 3. The number of aliphatic imine (C=N–C) groups is 1. The molecule has 2 aromatic carbocycles. The second-order valence-corrected chi connectivity index (χ2v) is 5.05. The summed E-state index contributed by atoms with van der Waals surface area (Å²) in [6.07, 6.45) is 3.15. The molecule has 96 valence electrons. The molecular formula is C17H11NO2. The van der Waals surface area contributed by atoms with Crippen LogP contribution >= 0.6 is 0 Å². The van der Waals surface area contributed by atoms with Crippen molar-refractivity contribution in [1.29, 1.82) is 0 Å². The summed E-state index contributed by atoms with van der Waals surface area (Å²) in [7, 11) is 0. The van der Waals surface area contributed by atoms with E-state index in [0.717, 1.165) is 22.8 Å². The molecule has 20 heavy (non-hydrogen) atoms. The summed E-state index contributed by atoms with van der Waals surface area (Å²) >= 11 is 0. The van der Waals surface area contributed by atoms with Crippen LogP contribution in [0.2, 0.25) is 0 Å². The number of Topliss-reactive ketones (excluding diaryl/α,β-unsaturated/α-hetero) is 2. The zero-order valence-electron chi connectivity index (χ0n) is 10.7. The Bertz CT molecular complexity index is 843. The quantitative estimate of drug-likeness (QED) is 0.684. The zero-order chi connectivity index (χ0) is 13.7. The molecule has 0 radical (unpaired) electrons. The highest BCUT2D eigenvalue weighted by molar-refractivity contribution is 6.54. The van der Waals surface area contributed by atoms with Crippen LogP contribution < -0.4 is 0 Å². The van der Waals surface area contributed by atoms with Crippen LogP contribution in [0, 0.1) is 0 Å². The minimum Gasteiger partial charge on any atom is -0.285 e. The normalized spacial score (nSPS) is 17.4. The Balaban J connectivity index is 2.14. The molecule has 0 aromatic heterocycles. The van der Waals surface area contributed by atoms with Crippen molar-refractivity contribution >= 4 is 34.3 Å². The first-order valence-corrected chi connectivity index (χ1v) is 6.64. The number of hydrogen-bond donors (Lipinski definition) is 0. The van der Waals surface area contributed by atoms with E-state index >= 15 is 0 Å². The molecule has 1 aliphatic carbocycles. The van der Waals surface area contributed by atoms with Crippen molar-refractivity contribution in [3.05, 3.63) is 53.1 Å². The van der Waals surface area contributed by atoms with E-state index in [4.69, 9.17) is 0 Å². The van der Waals surface area contributed by atoms with Crippen molar-refractivity contribution < 1.29 is 9.59 Å². The van der Waals surface area contributed by atoms with E-state index in [9.17, 15) is 9.59 Å². The van der Waals surface area contributed by atoms with Gasteiger partial charge < -0.3 is 0 Å². The van der Waals surface area contributed by atoms with E-state index < -0.39 is 5.78 Å². The van der Waals surface area contributed by atoms with Gasteiger partial charge in [0.25, 0.3) is 0 Å². The minimum absolute atomic E-state index is 0.388. The molecule has 0 amide bonds. The van der Waals surface area contributed by atoms with E-state index in [1.807, 2.05) is 42.6 Å². The average molecular weight is 261 g/mol. The zero-order valence-corrected chi connectivity index (χ0v) is 10.7. The first kappa shape index (κ1) is 11.3. The molecule has 0 fully saturated rings. The van der Waals surface area contributed by atoms with E-state index in [-0.39, 0.29) is 5.78 Å². The summed E-state index contributed by atoms with van der Waals surface area (Å²) in [5, 5.41) is 1.80. The number of allylic oxidation sites excluding steroid dienone is 1. The fourth-order valence-electron chi connectivity index (χ4n) is 2.98. The number of carbonyl (C=O) groups excluding carboxylic acids is 2. The second-order valence-electron chi connectivity index (χ2n) is 5.05. The number of ketones is 2. The van der Waals surface area contributed by atoms with Gasteiger partial charge in [0.1, 0.15) is 0 Å². The van der Waals surface area contributed by atoms with Crippen LogP contribution in [0.4, 0.5) is 0 Å². The van der Waals surface area contributed by atoms with Crippen LogP contribution in [0.15, 0.2) is 47.0 Å². The predicted octanol–water partition coefficient (Wildman–Crippen LogP) is 3.18. The van der Waals surface area contributed by atoms with Gasteiger partial charge in [0.05, 0.1) is 5.70 Å². The maximum atomic E-state index is 12.4. The topological polar surface area (TPSA) is 46.5 Å². The number of fused-ring (bicyclic) bond motifs is 4. The number of benzene rings is 2. The third-order valence-electron chi connectivity index (χ3n) is 3.92. The third kappa shape index (κ3) is 1.37. The summed E-state index contributed by atoms with van der Waals surface area (Å²) < 4.78 is 0. The van der Waals surface area contributed by atoms with Crippen molar-refractivity contribution in [2.45, 2.75) is 12.8 Å². The SMILES string of the molecule is O=C1C(=O)c2c(ccc3ccccc23)C2=C1CCC=N2. The Hall–Kier alpha value is -2.55. The van der Waals surface area contributed by atoms with E-state index in [1.165, 1.54) is 0 Å². The Morgan fingerprint density at radius 2 is 1.80 bits per heavy atom. The Labute approximate surface area is 115 Å². The smallest absolute Gasteiger partial charge is 0.234 e. The van der Waals surface area contributed by atoms with Crippen LogP contribution in [0.5, 0.6) is 0 Å². The molecule has 0 saturated carbocycles. The highest BCUT2D eigenvalue weighted by Gasteiger charge is 2.34. The molecule has 0 unspecified atom stereocenters. The van der Waals surface area contributed by atoms with Gasteiger partial charge in [-0.15, -0.1) is 0 Å². The van der Waals surface area contributed by atoms with Gasteiger partial charge in [-0.2, -0.15) is 0 Å². The summed E-state index contributed by atoms with van der Waals surface area (Å²) in [6, 6.07) is 11.5. The van der Waals surface area contributed by atoms with E-state index in [1.54, 1.807) is 0 Å². The average Bonchev–Trinajstić information content (AvgIpc) is 2.51. The van der Waals surface area contributed by atoms with E-state index in [0.29, 0.717) is 23.3 Å². The van der Waals surface area contributed by atoms with Crippen molar-refractivity contribution in [2.24, 2.45) is 4.99 Å². The number of carbonyl (C=O) groups is 2. The van der Waals surface area contributed by atoms with Crippen molar-refractivity contribution in [1.82, 2.24) is 0 Å². The standard InChI is InChI=1S/C17H11NO2/c19-16-13-6-3-9-18-15(13)12-8-7-10-4-1-2-5-11(10)14(12)17(16)20/h1-2,4-5,7-9H,3,6H2. The van der Waals surface area contributed by atoms with Gasteiger partial charge in [0, 0.05) is 22.9 Å². The monoisotopic (exact) mass is 261 g/mol. The van der Waals surface area contributed by atoms with Crippen molar-refractivity contribution in [2.75, 3.05) is 0 Å². The molecule has 0 saturated heterocycles.